The molecule has 15 heavy (non-hydrogen) atoms. The predicted molar refractivity (Wildman–Crippen MR) is 62.3 cm³/mol. The van der Waals surface area contributed by atoms with Crippen LogP contribution in [0.15, 0.2) is 36.1 Å². The van der Waals surface area contributed by atoms with Crippen LogP contribution in [-0.2, 0) is 4.79 Å². The summed E-state index contributed by atoms with van der Waals surface area (Å²) in [6.45, 7) is 9.68. The molecule has 1 amide bonds. The van der Waals surface area contributed by atoms with Crippen LogP contribution in [0.5, 0.6) is 0 Å². The zero-order valence-electron chi connectivity index (χ0n) is 9.42. The molecule has 0 radical (unpaired) electrons. The van der Waals surface area contributed by atoms with Crippen molar-refractivity contribution in [1.82, 2.24) is 10.2 Å². The largest absolute Gasteiger partial charge is 0.310 e. The molecule has 1 N–H and O–H groups in total. The van der Waals surface area contributed by atoms with E-state index in [1.807, 2.05) is 32.1 Å². The third-order valence-corrected chi connectivity index (χ3v) is 2.24. The number of hydrogen-bond acceptors (Lipinski definition) is 2. The molecule has 0 aromatic rings. The normalized spacial score (nSPS) is 18.7. The van der Waals surface area contributed by atoms with Gasteiger partial charge in [-0.1, -0.05) is 24.3 Å². The molecule has 0 bridgehead atoms. The van der Waals surface area contributed by atoms with Crippen molar-refractivity contribution in [1.29, 1.82) is 0 Å². The number of allylic oxidation sites excluding steroid dienone is 4. The minimum Gasteiger partial charge on any atom is -0.310 e. The number of piperazine rings is 1. The van der Waals surface area contributed by atoms with Gasteiger partial charge in [-0.2, -0.15) is 0 Å². The Hall–Kier alpha value is -1.35. The molecule has 0 unspecified atom stereocenters. The van der Waals surface area contributed by atoms with Gasteiger partial charge in [-0.3, -0.25) is 4.79 Å². The van der Waals surface area contributed by atoms with Crippen molar-refractivity contribution >= 4 is 5.91 Å². The van der Waals surface area contributed by atoms with Gasteiger partial charge in [-0.05, 0) is 19.9 Å². The number of nitrogens with zero attached hydrogens (tertiary/aromatic N) is 1. The molecule has 0 spiro atoms. The molecule has 1 aliphatic heterocycles. The minimum atomic E-state index is 0.126. The molecule has 1 saturated heterocycles. The van der Waals surface area contributed by atoms with E-state index in [1.165, 1.54) is 0 Å². The van der Waals surface area contributed by atoms with E-state index in [-0.39, 0.29) is 5.91 Å². The van der Waals surface area contributed by atoms with Crippen molar-refractivity contribution < 1.29 is 4.79 Å². The molecular weight excluding hydrogens is 188 g/mol. The highest BCUT2D eigenvalue weighted by Gasteiger charge is 2.18. The zero-order valence-corrected chi connectivity index (χ0v) is 9.42. The summed E-state index contributed by atoms with van der Waals surface area (Å²) in [5, 5.41) is 3.05. The third kappa shape index (κ3) is 3.36. The second kappa shape index (κ2) is 5.51. The second-order valence-electron chi connectivity index (χ2n) is 3.62. The molecule has 1 rings (SSSR count). The molecule has 0 saturated carbocycles. The van der Waals surface area contributed by atoms with Crippen LogP contribution in [-0.4, -0.2) is 30.4 Å². The molecule has 1 heterocycles. The van der Waals surface area contributed by atoms with Crippen LogP contribution in [0.4, 0.5) is 0 Å². The van der Waals surface area contributed by atoms with Crippen molar-refractivity contribution in [3.8, 4) is 0 Å². The van der Waals surface area contributed by atoms with Gasteiger partial charge in [0.15, 0.2) is 0 Å². The fraction of sp³-hybridized carbons (Fsp3) is 0.417. The molecule has 3 heteroatoms. The smallest absolute Gasteiger partial charge is 0.240 e. The van der Waals surface area contributed by atoms with Gasteiger partial charge in [0.1, 0.15) is 0 Å². The van der Waals surface area contributed by atoms with Crippen LogP contribution < -0.4 is 5.32 Å². The fourth-order valence-corrected chi connectivity index (χ4v) is 1.45. The molecule has 0 aromatic heterocycles. The number of carbonyl (C=O) groups is 1. The SMILES string of the molecule is C=C(C)/C=C\C(=C/C)N1CCNCC1=O. The van der Waals surface area contributed by atoms with E-state index in [1.54, 1.807) is 4.90 Å². The number of hydrogen-bond donors (Lipinski definition) is 1. The van der Waals surface area contributed by atoms with E-state index < -0.39 is 0 Å². The summed E-state index contributed by atoms with van der Waals surface area (Å²) in [4.78, 5) is 13.4. The summed E-state index contributed by atoms with van der Waals surface area (Å²) >= 11 is 0. The average Bonchev–Trinajstić information content (AvgIpc) is 2.21. The maximum absolute atomic E-state index is 11.6. The topological polar surface area (TPSA) is 32.3 Å². The van der Waals surface area contributed by atoms with Gasteiger partial charge >= 0.3 is 0 Å². The first-order valence-corrected chi connectivity index (χ1v) is 5.16. The molecule has 0 aromatic carbocycles. The highest BCUT2D eigenvalue weighted by Crippen LogP contribution is 2.09. The van der Waals surface area contributed by atoms with Crippen molar-refractivity contribution in [2.75, 3.05) is 19.6 Å². The van der Waals surface area contributed by atoms with Crippen molar-refractivity contribution in [3.05, 3.63) is 36.1 Å². The van der Waals surface area contributed by atoms with Gasteiger partial charge in [0.2, 0.25) is 5.91 Å². The molecular formula is C12H18N2O. The standard InChI is InChI=1S/C12H18N2O/c1-4-11(6-5-10(2)3)14-8-7-13-9-12(14)15/h4-6,13H,2,7-9H2,1,3H3/b6-5-,11-4+. The lowest BCUT2D eigenvalue weighted by atomic mass is 10.2. The Morgan fingerprint density at radius 1 is 1.53 bits per heavy atom. The molecule has 1 fully saturated rings. The second-order valence-corrected chi connectivity index (χ2v) is 3.62. The quantitative estimate of drug-likeness (QED) is 0.709. The van der Waals surface area contributed by atoms with Gasteiger partial charge in [0, 0.05) is 18.8 Å². The highest BCUT2D eigenvalue weighted by molar-refractivity contribution is 5.81. The van der Waals surface area contributed by atoms with Gasteiger partial charge in [0.05, 0.1) is 6.54 Å². The summed E-state index contributed by atoms with van der Waals surface area (Å²) in [6.07, 6.45) is 5.80. The van der Waals surface area contributed by atoms with Gasteiger partial charge in [-0.25, -0.2) is 0 Å². The predicted octanol–water partition coefficient (Wildman–Crippen LogP) is 1.45. The van der Waals surface area contributed by atoms with E-state index in [9.17, 15) is 4.79 Å². The van der Waals surface area contributed by atoms with Crippen LogP contribution in [0, 0.1) is 0 Å². The summed E-state index contributed by atoms with van der Waals surface area (Å²) in [6, 6.07) is 0. The van der Waals surface area contributed by atoms with E-state index in [4.69, 9.17) is 0 Å². The Kier molecular flexibility index (Phi) is 4.31. The third-order valence-electron chi connectivity index (χ3n) is 2.24. The summed E-state index contributed by atoms with van der Waals surface area (Å²) in [7, 11) is 0. The number of nitrogens with one attached hydrogen (secondary N) is 1. The number of carbonyl (C=O) groups excluding carboxylic acids is 1. The van der Waals surface area contributed by atoms with E-state index >= 15 is 0 Å². The van der Waals surface area contributed by atoms with Crippen molar-refractivity contribution in [3.63, 3.8) is 0 Å². The first-order valence-electron chi connectivity index (χ1n) is 5.16. The van der Waals surface area contributed by atoms with Gasteiger partial charge in [0.25, 0.3) is 0 Å². The van der Waals surface area contributed by atoms with E-state index in [0.717, 1.165) is 24.4 Å². The Balaban J connectivity index is 2.74. The highest BCUT2D eigenvalue weighted by atomic mass is 16.2. The van der Waals surface area contributed by atoms with Gasteiger partial charge < -0.3 is 10.2 Å². The first-order chi connectivity index (χ1) is 7.15. The van der Waals surface area contributed by atoms with Crippen LogP contribution in [0.1, 0.15) is 13.8 Å². The Morgan fingerprint density at radius 2 is 2.27 bits per heavy atom. The molecule has 82 valence electrons. The van der Waals surface area contributed by atoms with Crippen LogP contribution >= 0.6 is 0 Å². The van der Waals surface area contributed by atoms with Crippen molar-refractivity contribution in [2.45, 2.75) is 13.8 Å². The fourth-order valence-electron chi connectivity index (χ4n) is 1.45. The minimum absolute atomic E-state index is 0.126. The lowest BCUT2D eigenvalue weighted by Gasteiger charge is -2.28. The lowest BCUT2D eigenvalue weighted by Crippen LogP contribution is -2.47. The molecule has 1 aliphatic rings. The Bertz CT molecular complexity index is 316. The van der Waals surface area contributed by atoms with Crippen LogP contribution in [0.2, 0.25) is 0 Å². The maximum atomic E-state index is 11.6. The number of rotatable bonds is 3. The summed E-state index contributed by atoms with van der Waals surface area (Å²) in [5.41, 5.74) is 1.93. The zero-order chi connectivity index (χ0) is 11.3. The van der Waals surface area contributed by atoms with Crippen LogP contribution in [0.3, 0.4) is 0 Å². The van der Waals surface area contributed by atoms with Crippen molar-refractivity contribution in [2.24, 2.45) is 0 Å². The molecule has 0 atom stereocenters. The monoisotopic (exact) mass is 206 g/mol. The average molecular weight is 206 g/mol. The van der Waals surface area contributed by atoms with Crippen LogP contribution in [0.25, 0.3) is 0 Å². The Morgan fingerprint density at radius 3 is 2.80 bits per heavy atom. The lowest BCUT2D eigenvalue weighted by molar-refractivity contribution is -0.129. The summed E-state index contributed by atoms with van der Waals surface area (Å²) in [5.74, 6) is 0.126. The Labute approximate surface area is 91.2 Å². The summed E-state index contributed by atoms with van der Waals surface area (Å²) < 4.78 is 0. The molecule has 0 aliphatic carbocycles. The first kappa shape index (κ1) is 11.7. The van der Waals surface area contributed by atoms with E-state index in [0.29, 0.717) is 6.54 Å². The van der Waals surface area contributed by atoms with E-state index in [2.05, 4.69) is 11.9 Å². The molecule has 3 nitrogen and oxygen atoms in total. The number of amides is 1. The maximum Gasteiger partial charge on any atom is 0.240 e. The van der Waals surface area contributed by atoms with Gasteiger partial charge in [-0.15, -0.1) is 0 Å².